The first-order valence-electron chi connectivity index (χ1n) is 8.21. The van der Waals surface area contributed by atoms with E-state index in [1.807, 2.05) is 38.1 Å². The number of hydrogen-bond donors (Lipinski definition) is 2. The van der Waals surface area contributed by atoms with E-state index in [0.717, 1.165) is 11.1 Å². The molecule has 0 spiro atoms. The molecule has 0 aliphatic heterocycles. The van der Waals surface area contributed by atoms with Gasteiger partial charge in [0.15, 0.2) is 5.78 Å². The van der Waals surface area contributed by atoms with Gasteiger partial charge < -0.3 is 10.5 Å². The molecule has 132 valence electrons. The Balaban J connectivity index is 2.51. The van der Waals surface area contributed by atoms with Crippen LogP contribution in [0, 0.1) is 17.2 Å². The van der Waals surface area contributed by atoms with E-state index < -0.39 is 5.92 Å². The standard InChI is InChI=1S/C19H26INO3/c1-12(2)19(20)18(24)10-16(21)13(3)17(23)9-8-14-4-6-15(11-22)7-5-14/h4-7,12-13,19,21-22H,8-11H2,1-3H3/t13-,19+/m1/s1. The first kappa shape index (κ1) is 21.0. The number of alkyl halides is 1. The van der Waals surface area contributed by atoms with Gasteiger partial charge in [-0.05, 0) is 23.5 Å². The quantitative estimate of drug-likeness (QED) is 0.329. The number of hydrogen-bond acceptors (Lipinski definition) is 4. The van der Waals surface area contributed by atoms with Crippen molar-refractivity contribution in [3.63, 3.8) is 0 Å². The maximum atomic E-state index is 12.3. The van der Waals surface area contributed by atoms with Crippen molar-refractivity contribution in [3.8, 4) is 0 Å². The molecular weight excluding hydrogens is 417 g/mol. The van der Waals surface area contributed by atoms with Crippen molar-refractivity contribution in [2.75, 3.05) is 0 Å². The summed E-state index contributed by atoms with van der Waals surface area (Å²) in [5.41, 5.74) is 2.09. The number of aryl methyl sites for hydroxylation is 1. The van der Waals surface area contributed by atoms with E-state index in [9.17, 15) is 9.59 Å². The normalized spacial score (nSPS) is 13.6. The molecule has 24 heavy (non-hydrogen) atoms. The molecule has 0 saturated carbocycles. The monoisotopic (exact) mass is 443 g/mol. The van der Waals surface area contributed by atoms with Gasteiger partial charge in [0.1, 0.15) is 5.78 Å². The Morgan fingerprint density at radius 2 is 1.62 bits per heavy atom. The Labute approximate surface area is 157 Å². The lowest BCUT2D eigenvalue weighted by atomic mass is 9.91. The molecule has 0 amide bonds. The van der Waals surface area contributed by atoms with Crippen LogP contribution in [0.4, 0.5) is 0 Å². The summed E-state index contributed by atoms with van der Waals surface area (Å²) in [5, 5.41) is 17.1. The molecule has 0 aliphatic rings. The highest BCUT2D eigenvalue weighted by molar-refractivity contribution is 14.1. The van der Waals surface area contributed by atoms with Crippen LogP contribution in [0.1, 0.15) is 44.7 Å². The predicted octanol–water partition coefficient (Wildman–Crippen LogP) is 3.76. The molecule has 2 N–H and O–H groups in total. The van der Waals surface area contributed by atoms with Gasteiger partial charge in [0.25, 0.3) is 0 Å². The van der Waals surface area contributed by atoms with Crippen LogP contribution in [0.5, 0.6) is 0 Å². The maximum absolute atomic E-state index is 12.3. The van der Waals surface area contributed by atoms with E-state index >= 15 is 0 Å². The smallest absolute Gasteiger partial charge is 0.151 e. The third kappa shape index (κ3) is 6.43. The fourth-order valence-electron chi connectivity index (χ4n) is 2.30. The van der Waals surface area contributed by atoms with Crippen LogP contribution in [0.15, 0.2) is 24.3 Å². The number of halogens is 1. The Kier molecular flexibility index (Phi) is 8.76. The number of ketones is 2. The number of rotatable bonds is 10. The number of aliphatic hydroxyl groups excluding tert-OH is 1. The van der Waals surface area contributed by atoms with Crippen molar-refractivity contribution in [1.29, 1.82) is 5.41 Å². The van der Waals surface area contributed by atoms with Crippen molar-refractivity contribution in [3.05, 3.63) is 35.4 Å². The van der Waals surface area contributed by atoms with Gasteiger partial charge in [-0.3, -0.25) is 9.59 Å². The minimum atomic E-state index is -0.513. The summed E-state index contributed by atoms with van der Waals surface area (Å²) in [5.74, 6) is -0.261. The molecule has 2 atom stereocenters. The van der Waals surface area contributed by atoms with Gasteiger partial charge in [-0.1, -0.05) is 67.6 Å². The lowest BCUT2D eigenvalue weighted by Crippen LogP contribution is -2.28. The van der Waals surface area contributed by atoms with E-state index in [-0.39, 0.29) is 40.1 Å². The number of Topliss-reactive ketones (excluding diaryl/α,β-unsaturated/α-hetero) is 2. The van der Waals surface area contributed by atoms with Crippen molar-refractivity contribution in [1.82, 2.24) is 0 Å². The second-order valence-corrected chi connectivity index (χ2v) is 7.82. The first-order chi connectivity index (χ1) is 11.3. The molecule has 0 aliphatic carbocycles. The lowest BCUT2D eigenvalue weighted by molar-refractivity contribution is -0.120. The highest BCUT2D eigenvalue weighted by Crippen LogP contribution is 2.18. The fourth-order valence-corrected chi connectivity index (χ4v) is 2.52. The molecule has 0 heterocycles. The Bertz CT molecular complexity index is 581. The van der Waals surface area contributed by atoms with E-state index in [4.69, 9.17) is 10.5 Å². The highest BCUT2D eigenvalue weighted by atomic mass is 127. The summed E-state index contributed by atoms with van der Waals surface area (Å²) in [6.45, 7) is 5.69. The molecular formula is C19H26INO3. The molecule has 0 aromatic heterocycles. The number of aliphatic hydroxyl groups is 1. The molecule has 4 nitrogen and oxygen atoms in total. The van der Waals surface area contributed by atoms with Gasteiger partial charge in [-0.2, -0.15) is 0 Å². The predicted molar refractivity (Wildman–Crippen MR) is 105 cm³/mol. The zero-order valence-corrected chi connectivity index (χ0v) is 16.7. The van der Waals surface area contributed by atoms with Crippen LogP contribution in [0.25, 0.3) is 0 Å². The fraction of sp³-hybridized carbons (Fsp3) is 0.526. The van der Waals surface area contributed by atoms with Gasteiger partial charge in [0.2, 0.25) is 0 Å². The average molecular weight is 443 g/mol. The molecule has 0 radical (unpaired) electrons. The molecule has 0 saturated heterocycles. The Hall–Kier alpha value is -1.08. The van der Waals surface area contributed by atoms with E-state index in [2.05, 4.69) is 22.6 Å². The minimum absolute atomic E-state index is 0.00594. The van der Waals surface area contributed by atoms with Crippen LogP contribution in [-0.2, 0) is 22.6 Å². The largest absolute Gasteiger partial charge is 0.392 e. The summed E-state index contributed by atoms with van der Waals surface area (Å²) >= 11 is 2.11. The number of benzene rings is 1. The number of carbonyl (C=O) groups is 2. The van der Waals surface area contributed by atoms with E-state index in [0.29, 0.717) is 12.8 Å². The maximum Gasteiger partial charge on any atom is 0.151 e. The topological polar surface area (TPSA) is 78.2 Å². The second-order valence-electron chi connectivity index (χ2n) is 6.48. The van der Waals surface area contributed by atoms with Crippen molar-refractivity contribution >= 4 is 39.9 Å². The number of nitrogens with one attached hydrogen (secondary N) is 1. The van der Waals surface area contributed by atoms with Crippen molar-refractivity contribution < 1.29 is 14.7 Å². The molecule has 1 aromatic carbocycles. The number of carbonyl (C=O) groups excluding carboxylic acids is 2. The molecule has 0 bridgehead atoms. The van der Waals surface area contributed by atoms with E-state index in [1.165, 1.54) is 0 Å². The van der Waals surface area contributed by atoms with Crippen LogP contribution in [0.3, 0.4) is 0 Å². The van der Waals surface area contributed by atoms with Crippen molar-refractivity contribution in [2.45, 2.75) is 50.6 Å². The summed E-state index contributed by atoms with van der Waals surface area (Å²) in [6.07, 6.45) is 1.02. The average Bonchev–Trinajstić information content (AvgIpc) is 2.58. The molecule has 0 unspecified atom stereocenters. The zero-order valence-electron chi connectivity index (χ0n) is 14.5. The lowest BCUT2D eigenvalue weighted by Gasteiger charge is -2.16. The summed E-state index contributed by atoms with van der Waals surface area (Å²) < 4.78 is -0.115. The van der Waals surface area contributed by atoms with Gasteiger partial charge >= 0.3 is 0 Å². The van der Waals surface area contributed by atoms with Crippen LogP contribution in [0.2, 0.25) is 0 Å². The second kappa shape index (κ2) is 10.0. The summed E-state index contributed by atoms with van der Waals surface area (Å²) in [6, 6.07) is 7.50. The third-order valence-corrected chi connectivity index (χ3v) is 6.26. The van der Waals surface area contributed by atoms with Crippen LogP contribution >= 0.6 is 22.6 Å². The molecule has 1 rings (SSSR count). The zero-order chi connectivity index (χ0) is 18.3. The van der Waals surface area contributed by atoms with E-state index in [1.54, 1.807) is 6.92 Å². The van der Waals surface area contributed by atoms with Gasteiger partial charge in [0, 0.05) is 18.6 Å². The SMILES string of the molecule is CC(C)[C@H](I)C(=O)CC(=N)[C@@H](C)C(=O)CCc1ccc(CO)cc1. The van der Waals surface area contributed by atoms with Crippen LogP contribution in [-0.4, -0.2) is 26.3 Å². The van der Waals surface area contributed by atoms with Gasteiger partial charge in [-0.15, -0.1) is 0 Å². The summed E-state index contributed by atoms with van der Waals surface area (Å²) in [7, 11) is 0. The van der Waals surface area contributed by atoms with Crippen molar-refractivity contribution in [2.24, 2.45) is 11.8 Å². The summed E-state index contributed by atoms with van der Waals surface area (Å²) in [4.78, 5) is 24.4. The molecule has 5 heteroatoms. The van der Waals surface area contributed by atoms with Gasteiger partial charge in [-0.25, -0.2) is 0 Å². The highest BCUT2D eigenvalue weighted by Gasteiger charge is 2.24. The molecule has 1 aromatic rings. The molecule has 0 fully saturated rings. The van der Waals surface area contributed by atoms with Gasteiger partial charge in [0.05, 0.1) is 16.4 Å². The Morgan fingerprint density at radius 3 is 2.12 bits per heavy atom. The first-order valence-corrected chi connectivity index (χ1v) is 9.46. The van der Waals surface area contributed by atoms with Crippen LogP contribution < -0.4 is 0 Å². The third-order valence-electron chi connectivity index (χ3n) is 4.13. The minimum Gasteiger partial charge on any atom is -0.392 e. The Morgan fingerprint density at radius 1 is 1.08 bits per heavy atom.